The maximum absolute atomic E-state index is 5.96. The minimum Gasteiger partial charge on any atom is -0.495 e. The summed E-state index contributed by atoms with van der Waals surface area (Å²) in [7, 11) is 1.66. The zero-order valence-electron chi connectivity index (χ0n) is 20.1. The molecule has 5 aromatic rings. The second kappa shape index (κ2) is 9.51. The lowest BCUT2D eigenvalue weighted by Crippen LogP contribution is -2.18. The Kier molecular flexibility index (Phi) is 6.06. The van der Waals surface area contributed by atoms with Crippen molar-refractivity contribution in [1.82, 2.24) is 29.1 Å². The number of methoxy groups -OCH3 is 1. The molecule has 184 valence electrons. The van der Waals surface area contributed by atoms with Gasteiger partial charge in [0.15, 0.2) is 17.0 Å². The van der Waals surface area contributed by atoms with Crippen molar-refractivity contribution in [1.29, 1.82) is 0 Å². The fourth-order valence-corrected chi connectivity index (χ4v) is 5.47. The van der Waals surface area contributed by atoms with Crippen molar-refractivity contribution in [3.05, 3.63) is 65.4 Å². The lowest BCUT2D eigenvalue weighted by Gasteiger charge is -2.23. The first-order valence-electron chi connectivity index (χ1n) is 12.0. The maximum Gasteiger partial charge on any atom is 0.167 e. The summed E-state index contributed by atoms with van der Waals surface area (Å²) < 4.78 is 16.5. The van der Waals surface area contributed by atoms with E-state index >= 15 is 0 Å². The molecule has 0 bridgehead atoms. The van der Waals surface area contributed by atoms with E-state index in [1.54, 1.807) is 19.8 Å². The summed E-state index contributed by atoms with van der Waals surface area (Å²) in [6.07, 6.45) is 6.50. The van der Waals surface area contributed by atoms with Gasteiger partial charge in [-0.2, -0.15) is 0 Å². The largest absolute Gasteiger partial charge is 0.495 e. The third-order valence-electron chi connectivity index (χ3n) is 6.55. The molecule has 10 heteroatoms. The van der Waals surface area contributed by atoms with Crippen LogP contribution in [0.15, 0.2) is 59.6 Å². The van der Waals surface area contributed by atoms with Crippen LogP contribution in [0.5, 0.6) is 5.75 Å². The molecule has 9 nitrogen and oxygen atoms in total. The van der Waals surface area contributed by atoms with E-state index in [0.717, 1.165) is 64.3 Å². The van der Waals surface area contributed by atoms with Crippen LogP contribution in [0, 0.1) is 0 Å². The molecule has 0 saturated carbocycles. The number of hydrogen-bond donors (Lipinski definition) is 1. The second-order valence-electron chi connectivity index (χ2n) is 8.82. The Bertz CT molecular complexity index is 1530. The van der Waals surface area contributed by atoms with E-state index in [-0.39, 0.29) is 12.3 Å². The van der Waals surface area contributed by atoms with E-state index < -0.39 is 0 Å². The Morgan fingerprint density at radius 2 is 1.97 bits per heavy atom. The molecule has 2 atom stereocenters. The zero-order valence-corrected chi connectivity index (χ0v) is 21.6. The van der Waals surface area contributed by atoms with Crippen molar-refractivity contribution in [3.63, 3.8) is 0 Å². The number of ether oxygens (including phenoxy) is 2. The van der Waals surface area contributed by atoms with Crippen molar-refractivity contribution in [2.24, 2.45) is 0 Å². The van der Waals surface area contributed by atoms with Gasteiger partial charge in [-0.05, 0) is 66.4 Å². The average molecular weight is 548 g/mol. The van der Waals surface area contributed by atoms with Crippen molar-refractivity contribution in [3.8, 4) is 11.4 Å². The molecule has 1 unspecified atom stereocenters. The molecule has 2 aromatic carbocycles. The van der Waals surface area contributed by atoms with Crippen LogP contribution in [0.25, 0.3) is 27.9 Å². The zero-order chi connectivity index (χ0) is 24.6. The van der Waals surface area contributed by atoms with Gasteiger partial charge >= 0.3 is 0 Å². The average Bonchev–Trinajstić information content (AvgIpc) is 3.53. The van der Waals surface area contributed by atoms with Crippen LogP contribution in [-0.2, 0) is 4.74 Å². The van der Waals surface area contributed by atoms with Crippen LogP contribution in [0.4, 0.5) is 5.82 Å². The number of benzene rings is 2. The summed E-state index contributed by atoms with van der Waals surface area (Å²) in [5.74, 6) is 2.25. The van der Waals surface area contributed by atoms with Crippen LogP contribution in [0.2, 0.25) is 0 Å². The first-order valence-corrected chi connectivity index (χ1v) is 12.8. The number of rotatable bonds is 6. The molecule has 6 rings (SSSR count). The fourth-order valence-electron chi connectivity index (χ4n) is 4.79. The first-order chi connectivity index (χ1) is 17.7. The summed E-state index contributed by atoms with van der Waals surface area (Å²) >= 11 is 3.74. The van der Waals surface area contributed by atoms with Crippen LogP contribution >= 0.6 is 15.9 Å². The minimum absolute atomic E-state index is 0.0430. The van der Waals surface area contributed by atoms with Crippen molar-refractivity contribution < 1.29 is 9.47 Å². The molecule has 0 aliphatic carbocycles. The summed E-state index contributed by atoms with van der Waals surface area (Å²) in [4.78, 5) is 18.7. The monoisotopic (exact) mass is 547 g/mol. The fraction of sp³-hybridized carbons (Fsp3) is 0.308. The van der Waals surface area contributed by atoms with Crippen molar-refractivity contribution in [2.45, 2.75) is 38.5 Å². The summed E-state index contributed by atoms with van der Waals surface area (Å²) in [6.45, 7) is 2.83. The third-order valence-corrected chi connectivity index (χ3v) is 7.31. The molecular weight excluding hydrogens is 522 g/mol. The van der Waals surface area contributed by atoms with E-state index in [0.29, 0.717) is 11.3 Å². The topological polar surface area (TPSA) is 91.9 Å². The SMILES string of the molecule is COc1ccc2nc(C(C)Nc3ncnc4c3ncn4[C@@H]3CCCCO3)n(-c3ccccc3)c2c1Br. The van der Waals surface area contributed by atoms with Crippen LogP contribution in [-0.4, -0.2) is 42.8 Å². The van der Waals surface area contributed by atoms with Gasteiger partial charge in [-0.1, -0.05) is 18.2 Å². The second-order valence-corrected chi connectivity index (χ2v) is 9.62. The third kappa shape index (κ3) is 3.90. The number of nitrogens with zero attached hydrogens (tertiary/aromatic N) is 6. The molecule has 1 aliphatic rings. The van der Waals surface area contributed by atoms with Crippen LogP contribution in [0.1, 0.15) is 44.3 Å². The van der Waals surface area contributed by atoms with Gasteiger partial charge in [0.1, 0.15) is 24.1 Å². The molecular formula is C26H26BrN7O2. The van der Waals surface area contributed by atoms with Crippen LogP contribution in [0.3, 0.4) is 0 Å². The lowest BCUT2D eigenvalue weighted by atomic mass is 10.2. The summed E-state index contributed by atoms with van der Waals surface area (Å²) in [5, 5.41) is 3.54. The number of imidazole rings is 2. The summed E-state index contributed by atoms with van der Waals surface area (Å²) in [5.41, 5.74) is 4.28. The number of halogens is 1. The number of fused-ring (bicyclic) bond motifs is 2. The van der Waals surface area contributed by atoms with Gasteiger partial charge in [-0.3, -0.25) is 9.13 Å². The minimum atomic E-state index is -0.190. The first kappa shape index (κ1) is 22.9. The van der Waals surface area contributed by atoms with Crippen LogP contribution < -0.4 is 10.1 Å². The number of para-hydroxylation sites is 1. The normalized spacial score (nSPS) is 16.9. The van der Waals surface area contributed by atoms with Crippen molar-refractivity contribution >= 4 is 43.9 Å². The highest BCUT2D eigenvalue weighted by Gasteiger charge is 2.24. The summed E-state index contributed by atoms with van der Waals surface area (Å²) in [6, 6.07) is 13.9. The Balaban J connectivity index is 1.42. The molecule has 1 saturated heterocycles. The van der Waals surface area contributed by atoms with Gasteiger partial charge in [0.25, 0.3) is 0 Å². The maximum atomic E-state index is 5.96. The Hall–Kier alpha value is -3.50. The molecule has 4 heterocycles. The number of anilines is 1. The molecule has 1 aliphatic heterocycles. The molecule has 3 aromatic heterocycles. The van der Waals surface area contributed by atoms with Gasteiger partial charge in [0.05, 0.1) is 35.0 Å². The van der Waals surface area contributed by atoms with Gasteiger partial charge in [-0.25, -0.2) is 19.9 Å². The van der Waals surface area contributed by atoms with E-state index in [9.17, 15) is 0 Å². The van der Waals surface area contributed by atoms with Crippen molar-refractivity contribution in [2.75, 3.05) is 19.0 Å². The number of hydrogen-bond acceptors (Lipinski definition) is 7. The van der Waals surface area contributed by atoms with E-state index in [2.05, 4.69) is 59.8 Å². The molecule has 0 spiro atoms. The molecule has 1 fully saturated rings. The predicted octanol–water partition coefficient (Wildman–Crippen LogP) is 5.81. The highest BCUT2D eigenvalue weighted by Crippen LogP contribution is 2.37. The van der Waals surface area contributed by atoms with Gasteiger partial charge in [0.2, 0.25) is 0 Å². The highest BCUT2D eigenvalue weighted by atomic mass is 79.9. The molecule has 0 amide bonds. The van der Waals surface area contributed by atoms with E-state index in [1.165, 1.54) is 0 Å². The smallest absolute Gasteiger partial charge is 0.167 e. The van der Waals surface area contributed by atoms with Gasteiger partial charge in [0, 0.05) is 12.3 Å². The highest BCUT2D eigenvalue weighted by molar-refractivity contribution is 9.10. The van der Waals surface area contributed by atoms with Gasteiger partial charge in [-0.15, -0.1) is 0 Å². The molecule has 1 N–H and O–H groups in total. The standard InChI is InChI=1S/C26H26BrN7O2/c1-16(31-24-22-26(29-14-28-24)33(15-30-22)20-10-6-7-13-36-20)25-32-18-11-12-19(35-2)21(27)23(18)34(25)17-8-4-3-5-9-17/h3-5,8-9,11-12,14-16,20H,6-7,10,13H2,1-2H3,(H,28,29,31)/t16?,20-/m0/s1. The number of aromatic nitrogens is 6. The van der Waals surface area contributed by atoms with E-state index in [4.69, 9.17) is 14.5 Å². The van der Waals surface area contributed by atoms with E-state index in [1.807, 2.05) is 34.9 Å². The van der Waals surface area contributed by atoms with Gasteiger partial charge < -0.3 is 14.8 Å². The lowest BCUT2D eigenvalue weighted by molar-refractivity contribution is -0.0298. The quantitative estimate of drug-likeness (QED) is 0.286. The Labute approximate surface area is 216 Å². The molecule has 0 radical (unpaired) electrons. The Morgan fingerprint density at radius 3 is 2.75 bits per heavy atom. The molecule has 36 heavy (non-hydrogen) atoms. The number of nitrogens with one attached hydrogen (secondary N) is 1. The predicted molar refractivity (Wildman–Crippen MR) is 142 cm³/mol. The Morgan fingerprint density at radius 1 is 1.11 bits per heavy atom.